The highest BCUT2D eigenvalue weighted by Crippen LogP contribution is 2.31. The van der Waals surface area contributed by atoms with Crippen LogP contribution in [0.3, 0.4) is 0 Å². The van der Waals surface area contributed by atoms with Crippen molar-refractivity contribution in [2.75, 3.05) is 20.3 Å². The average Bonchev–Trinajstić information content (AvgIpc) is 3.59. The van der Waals surface area contributed by atoms with Crippen molar-refractivity contribution in [2.24, 2.45) is 4.99 Å². The highest BCUT2D eigenvalue weighted by atomic mass is 35.5. The Bertz CT molecular complexity index is 1750. The molecule has 5 rings (SSSR count). The highest BCUT2D eigenvalue weighted by molar-refractivity contribution is 7.07. The van der Waals surface area contributed by atoms with E-state index in [1.165, 1.54) is 35.3 Å². The summed E-state index contributed by atoms with van der Waals surface area (Å²) in [6.07, 6.45) is 3.13. The molecule has 204 valence electrons. The van der Waals surface area contributed by atoms with Gasteiger partial charge in [0.25, 0.3) is 5.56 Å². The van der Waals surface area contributed by atoms with Gasteiger partial charge in [0.1, 0.15) is 12.4 Å². The summed E-state index contributed by atoms with van der Waals surface area (Å²) >= 11 is 7.22. The van der Waals surface area contributed by atoms with Crippen LogP contribution in [0, 0.1) is 0 Å². The van der Waals surface area contributed by atoms with Gasteiger partial charge in [-0.1, -0.05) is 47.2 Å². The van der Waals surface area contributed by atoms with Crippen molar-refractivity contribution in [1.82, 2.24) is 4.57 Å². The first-order valence-electron chi connectivity index (χ1n) is 12.2. The summed E-state index contributed by atoms with van der Waals surface area (Å²) in [4.78, 5) is 44.3. The number of esters is 2. The first-order chi connectivity index (χ1) is 19.4. The molecule has 1 aliphatic rings. The Hall–Kier alpha value is -4.25. The molecule has 0 fully saturated rings. The summed E-state index contributed by atoms with van der Waals surface area (Å²) in [6, 6.07) is 15.9. The summed E-state index contributed by atoms with van der Waals surface area (Å²) in [5.41, 5.74) is 1.74. The Morgan fingerprint density at radius 1 is 1.07 bits per heavy atom. The smallest absolute Gasteiger partial charge is 0.379 e. The van der Waals surface area contributed by atoms with Gasteiger partial charge in [0.15, 0.2) is 4.80 Å². The van der Waals surface area contributed by atoms with E-state index in [2.05, 4.69) is 4.99 Å². The second-order valence-corrected chi connectivity index (χ2v) is 10.1. The predicted molar refractivity (Wildman–Crippen MR) is 148 cm³/mol. The number of halogens is 1. The molecule has 3 heterocycles. The van der Waals surface area contributed by atoms with Gasteiger partial charge in [-0.2, -0.15) is 0 Å². The van der Waals surface area contributed by atoms with Gasteiger partial charge < -0.3 is 18.6 Å². The first-order valence-corrected chi connectivity index (χ1v) is 13.3. The van der Waals surface area contributed by atoms with Crippen molar-refractivity contribution >= 4 is 41.0 Å². The number of methoxy groups -OCH3 is 1. The number of allylic oxidation sites excluding steroid dienone is 1. The Morgan fingerprint density at radius 2 is 1.82 bits per heavy atom. The number of carbonyl (C=O) groups excluding carboxylic acids is 2. The number of nitrogens with zero attached hydrogens (tertiary/aromatic N) is 2. The lowest BCUT2D eigenvalue weighted by molar-refractivity contribution is -0.140. The average molecular weight is 579 g/mol. The number of hydrogen-bond donors (Lipinski definition) is 0. The zero-order chi connectivity index (χ0) is 28.2. The van der Waals surface area contributed by atoms with E-state index in [1.54, 1.807) is 55.5 Å². The van der Waals surface area contributed by atoms with Crippen LogP contribution in [0.2, 0.25) is 5.02 Å². The Kier molecular flexibility index (Phi) is 8.11. The summed E-state index contributed by atoms with van der Waals surface area (Å²) in [5, 5.41) is 0.587. The van der Waals surface area contributed by atoms with E-state index >= 15 is 0 Å². The molecule has 40 heavy (non-hydrogen) atoms. The van der Waals surface area contributed by atoms with Gasteiger partial charge in [0.2, 0.25) is 5.76 Å². The van der Waals surface area contributed by atoms with Crippen LogP contribution in [0.5, 0.6) is 5.75 Å². The molecule has 11 heteroatoms. The van der Waals surface area contributed by atoms with Gasteiger partial charge in [-0.05, 0) is 60.5 Å². The number of hydrogen-bond acceptors (Lipinski definition) is 9. The molecular formula is C29H23ClN2O7S. The topological polar surface area (TPSA) is 109 Å². The van der Waals surface area contributed by atoms with Crippen LogP contribution >= 0.6 is 22.9 Å². The molecule has 0 saturated heterocycles. The summed E-state index contributed by atoms with van der Waals surface area (Å²) in [6.45, 7) is 1.97. The number of carbonyl (C=O) groups is 2. The fourth-order valence-corrected chi connectivity index (χ4v) is 5.35. The maximum atomic E-state index is 13.7. The monoisotopic (exact) mass is 578 g/mol. The molecule has 0 unspecified atom stereocenters. The summed E-state index contributed by atoms with van der Waals surface area (Å²) < 4.78 is 22.8. The molecule has 2 aromatic carbocycles. The van der Waals surface area contributed by atoms with E-state index in [1.807, 2.05) is 12.1 Å². The lowest BCUT2D eigenvalue weighted by atomic mass is 9.96. The zero-order valence-electron chi connectivity index (χ0n) is 21.5. The van der Waals surface area contributed by atoms with Gasteiger partial charge >= 0.3 is 11.9 Å². The van der Waals surface area contributed by atoms with Crippen molar-refractivity contribution in [3.05, 3.63) is 120 Å². The van der Waals surface area contributed by atoms with Crippen molar-refractivity contribution in [3.63, 3.8) is 0 Å². The van der Waals surface area contributed by atoms with Crippen LogP contribution in [-0.2, 0) is 14.3 Å². The molecule has 0 radical (unpaired) electrons. The lowest BCUT2D eigenvalue weighted by Crippen LogP contribution is -2.40. The molecule has 1 atom stereocenters. The van der Waals surface area contributed by atoms with Crippen LogP contribution in [0.15, 0.2) is 92.4 Å². The fourth-order valence-electron chi connectivity index (χ4n) is 4.17. The van der Waals surface area contributed by atoms with Gasteiger partial charge in [-0.3, -0.25) is 9.36 Å². The van der Waals surface area contributed by atoms with Crippen molar-refractivity contribution in [2.45, 2.75) is 13.0 Å². The third-order valence-electron chi connectivity index (χ3n) is 6.06. The highest BCUT2D eigenvalue weighted by Gasteiger charge is 2.33. The van der Waals surface area contributed by atoms with E-state index in [-0.39, 0.29) is 35.9 Å². The van der Waals surface area contributed by atoms with E-state index in [0.717, 1.165) is 5.56 Å². The molecule has 0 saturated carbocycles. The van der Waals surface area contributed by atoms with E-state index in [4.69, 9.17) is 30.2 Å². The quantitative estimate of drug-likeness (QED) is 0.177. The number of aromatic nitrogens is 1. The molecule has 4 aromatic rings. The largest absolute Gasteiger partial charge is 0.460 e. The first kappa shape index (κ1) is 27.3. The number of benzene rings is 2. The van der Waals surface area contributed by atoms with Crippen LogP contribution < -0.4 is 19.6 Å². The van der Waals surface area contributed by atoms with Crippen molar-refractivity contribution in [3.8, 4) is 5.75 Å². The van der Waals surface area contributed by atoms with Crippen LogP contribution in [0.25, 0.3) is 6.08 Å². The van der Waals surface area contributed by atoms with Crippen molar-refractivity contribution < 1.29 is 28.2 Å². The molecule has 2 aromatic heterocycles. The molecule has 0 aliphatic carbocycles. The minimum atomic E-state index is -0.825. The normalized spacial score (nSPS) is 15.0. The number of thiazole rings is 1. The van der Waals surface area contributed by atoms with E-state index in [9.17, 15) is 14.4 Å². The third kappa shape index (κ3) is 5.69. The third-order valence-corrected chi connectivity index (χ3v) is 7.29. The standard InChI is InChI=1S/C29H23ClN2O7S/c1-17-24(28(35)38-15-14-36-2)25(19-7-11-21(12-8-19)39-27(34)22-4-3-13-37-22)32-26(33)23(40-29(32)31-17)16-18-5-9-20(30)10-6-18/h3-13,16,25H,14-15H2,1-2H3/b23-16+/t25-/m0/s1. The van der Waals surface area contributed by atoms with Gasteiger partial charge in [-0.25, -0.2) is 14.6 Å². The molecule has 0 N–H and O–H groups in total. The molecule has 9 nitrogen and oxygen atoms in total. The molecular weight excluding hydrogens is 556 g/mol. The number of ether oxygens (including phenoxy) is 3. The van der Waals surface area contributed by atoms with Crippen molar-refractivity contribution in [1.29, 1.82) is 0 Å². The molecule has 0 amide bonds. The Balaban J connectivity index is 1.56. The second-order valence-electron chi connectivity index (χ2n) is 8.70. The maximum Gasteiger partial charge on any atom is 0.379 e. The zero-order valence-corrected chi connectivity index (χ0v) is 23.0. The predicted octanol–water partition coefficient (Wildman–Crippen LogP) is 3.89. The Labute approximate surface area is 237 Å². The van der Waals surface area contributed by atoms with Crippen LogP contribution in [0.1, 0.15) is 34.6 Å². The molecule has 0 spiro atoms. The number of rotatable bonds is 8. The van der Waals surface area contributed by atoms with Crippen LogP contribution in [0.4, 0.5) is 0 Å². The van der Waals surface area contributed by atoms with E-state index in [0.29, 0.717) is 25.6 Å². The molecule has 1 aliphatic heterocycles. The lowest BCUT2D eigenvalue weighted by Gasteiger charge is -2.25. The van der Waals surface area contributed by atoms with E-state index < -0.39 is 18.0 Å². The number of furan rings is 1. The minimum absolute atomic E-state index is 0.0431. The number of fused-ring (bicyclic) bond motifs is 1. The van der Waals surface area contributed by atoms with Gasteiger partial charge in [0, 0.05) is 12.1 Å². The summed E-state index contributed by atoms with van der Waals surface area (Å²) in [5.74, 6) is -0.920. The SMILES string of the molecule is COCCOC(=O)C1=C(C)N=c2s/c(=C/c3ccc(Cl)cc3)c(=O)n2[C@H]1c1ccc(OC(=O)c2ccco2)cc1. The molecule has 0 bridgehead atoms. The maximum absolute atomic E-state index is 13.7. The van der Waals surface area contributed by atoms with Gasteiger partial charge in [0.05, 0.1) is 34.7 Å². The fraction of sp³-hybridized carbons (Fsp3) is 0.172. The summed E-state index contributed by atoms with van der Waals surface area (Å²) in [7, 11) is 1.51. The van der Waals surface area contributed by atoms with Crippen LogP contribution in [-0.4, -0.2) is 36.8 Å². The minimum Gasteiger partial charge on any atom is -0.460 e. The second kappa shape index (κ2) is 11.9. The van der Waals surface area contributed by atoms with Gasteiger partial charge in [-0.15, -0.1) is 0 Å². The Morgan fingerprint density at radius 3 is 2.50 bits per heavy atom.